The van der Waals surface area contributed by atoms with Gasteiger partial charge in [-0.3, -0.25) is 0 Å². The predicted molar refractivity (Wildman–Crippen MR) is 117 cm³/mol. The zero-order chi connectivity index (χ0) is 20.7. The van der Waals surface area contributed by atoms with Gasteiger partial charge >= 0.3 is 0 Å². The summed E-state index contributed by atoms with van der Waals surface area (Å²) in [6.07, 6.45) is 3.10. The highest BCUT2D eigenvalue weighted by Crippen LogP contribution is 2.25. The molecule has 2 aromatic rings. The topological polar surface area (TPSA) is 58.6 Å². The zero-order valence-electron chi connectivity index (χ0n) is 17.4. The molecule has 0 bridgehead atoms. The minimum atomic E-state index is -3.58. The van der Waals surface area contributed by atoms with Crippen LogP contribution in [-0.2, 0) is 16.4 Å². The van der Waals surface area contributed by atoms with Gasteiger partial charge in [-0.1, -0.05) is 36.4 Å². The Kier molecular flexibility index (Phi) is 7.70. The Morgan fingerprint density at radius 2 is 1.83 bits per heavy atom. The number of likely N-dealkylation sites (tertiary alicyclic amines) is 1. The molecule has 1 saturated heterocycles. The minimum Gasteiger partial charge on any atom is -0.492 e. The molecule has 1 aliphatic heterocycles. The van der Waals surface area contributed by atoms with Gasteiger partial charge in [-0.25, -0.2) is 13.1 Å². The van der Waals surface area contributed by atoms with Crippen molar-refractivity contribution in [2.45, 2.75) is 38.0 Å². The molecule has 0 radical (unpaired) electrons. The van der Waals surface area contributed by atoms with Crippen LogP contribution in [0.15, 0.2) is 53.4 Å². The van der Waals surface area contributed by atoms with Crippen molar-refractivity contribution in [3.63, 3.8) is 0 Å². The fourth-order valence-electron chi connectivity index (χ4n) is 3.75. The van der Waals surface area contributed by atoms with Crippen molar-refractivity contribution in [1.29, 1.82) is 0 Å². The van der Waals surface area contributed by atoms with E-state index in [-0.39, 0.29) is 4.90 Å². The first-order valence-electron chi connectivity index (χ1n) is 10.5. The van der Waals surface area contributed by atoms with Gasteiger partial charge in [-0.15, -0.1) is 0 Å². The van der Waals surface area contributed by atoms with Gasteiger partial charge in [0.1, 0.15) is 10.6 Å². The average Bonchev–Trinajstić information content (AvgIpc) is 2.74. The van der Waals surface area contributed by atoms with Gasteiger partial charge in [0, 0.05) is 13.1 Å². The lowest BCUT2D eigenvalue weighted by Crippen LogP contribution is -2.39. The average molecular weight is 417 g/mol. The van der Waals surface area contributed by atoms with Crippen LogP contribution in [0.25, 0.3) is 0 Å². The number of nitrogens with zero attached hydrogens (tertiary/aromatic N) is 1. The monoisotopic (exact) mass is 416 g/mol. The van der Waals surface area contributed by atoms with Crippen molar-refractivity contribution in [3.8, 4) is 5.75 Å². The Labute approximate surface area is 175 Å². The molecule has 6 heteroatoms. The van der Waals surface area contributed by atoms with Crippen molar-refractivity contribution in [2.75, 3.05) is 32.8 Å². The number of hydrogen-bond acceptors (Lipinski definition) is 4. The smallest absolute Gasteiger partial charge is 0.244 e. The molecule has 158 valence electrons. The second-order valence-electron chi connectivity index (χ2n) is 7.76. The van der Waals surface area contributed by atoms with Crippen LogP contribution in [0, 0.1) is 12.8 Å². The lowest BCUT2D eigenvalue weighted by molar-refractivity contribution is 0.187. The van der Waals surface area contributed by atoms with Crippen LogP contribution in [0.2, 0.25) is 0 Å². The maximum absolute atomic E-state index is 12.8. The van der Waals surface area contributed by atoms with Gasteiger partial charge in [0.15, 0.2) is 0 Å². The van der Waals surface area contributed by atoms with Gasteiger partial charge in [-0.2, -0.15) is 0 Å². The largest absolute Gasteiger partial charge is 0.492 e. The van der Waals surface area contributed by atoms with Gasteiger partial charge < -0.3 is 9.64 Å². The number of aryl methyl sites for hydroxylation is 1. The summed E-state index contributed by atoms with van der Waals surface area (Å²) in [6.45, 7) is 7.77. The van der Waals surface area contributed by atoms with E-state index in [0.29, 0.717) is 24.8 Å². The maximum Gasteiger partial charge on any atom is 0.244 e. The van der Waals surface area contributed by atoms with Crippen molar-refractivity contribution < 1.29 is 13.2 Å². The Bertz CT molecular complexity index is 876. The molecule has 0 saturated carbocycles. The Morgan fingerprint density at radius 1 is 1.10 bits per heavy atom. The SMILES string of the molecule is CCOc1ccc(C)cc1S(=O)(=O)NCC1CCN(CCc2ccccc2)CC1. The van der Waals surface area contributed by atoms with E-state index in [1.54, 1.807) is 12.1 Å². The van der Waals surface area contributed by atoms with E-state index in [0.717, 1.165) is 44.5 Å². The first-order chi connectivity index (χ1) is 14.0. The molecule has 1 fully saturated rings. The van der Waals surface area contributed by atoms with E-state index in [2.05, 4.69) is 33.9 Å². The third-order valence-corrected chi connectivity index (χ3v) is 6.96. The molecule has 0 aromatic heterocycles. The molecule has 1 heterocycles. The number of piperidine rings is 1. The second kappa shape index (κ2) is 10.2. The fourth-order valence-corrected chi connectivity index (χ4v) is 5.09. The van der Waals surface area contributed by atoms with E-state index in [1.165, 1.54) is 5.56 Å². The van der Waals surface area contributed by atoms with Crippen molar-refractivity contribution in [2.24, 2.45) is 5.92 Å². The van der Waals surface area contributed by atoms with Crippen molar-refractivity contribution in [1.82, 2.24) is 9.62 Å². The normalized spacial score (nSPS) is 16.1. The fraction of sp³-hybridized carbons (Fsp3) is 0.478. The van der Waals surface area contributed by atoms with Crippen LogP contribution < -0.4 is 9.46 Å². The number of ether oxygens (including phenoxy) is 1. The number of sulfonamides is 1. The highest BCUT2D eigenvalue weighted by Gasteiger charge is 2.24. The molecular weight excluding hydrogens is 384 g/mol. The zero-order valence-corrected chi connectivity index (χ0v) is 18.2. The molecule has 0 unspecified atom stereocenters. The molecule has 3 rings (SSSR count). The van der Waals surface area contributed by atoms with E-state index < -0.39 is 10.0 Å². The summed E-state index contributed by atoms with van der Waals surface area (Å²) in [7, 11) is -3.58. The molecule has 0 atom stereocenters. The molecule has 2 aromatic carbocycles. The van der Waals surface area contributed by atoms with E-state index in [1.807, 2.05) is 26.0 Å². The summed E-state index contributed by atoms with van der Waals surface area (Å²) in [5, 5.41) is 0. The minimum absolute atomic E-state index is 0.236. The highest BCUT2D eigenvalue weighted by molar-refractivity contribution is 7.89. The van der Waals surface area contributed by atoms with Gasteiger partial charge in [0.2, 0.25) is 10.0 Å². The third kappa shape index (κ3) is 6.29. The van der Waals surface area contributed by atoms with Crippen LogP contribution in [-0.4, -0.2) is 46.1 Å². The van der Waals surface area contributed by atoms with Gasteiger partial charge in [-0.05, 0) is 75.4 Å². The summed E-state index contributed by atoms with van der Waals surface area (Å²) < 4.78 is 34.0. The van der Waals surface area contributed by atoms with Gasteiger partial charge in [0.25, 0.3) is 0 Å². The van der Waals surface area contributed by atoms with Crippen molar-refractivity contribution in [3.05, 3.63) is 59.7 Å². The van der Waals surface area contributed by atoms with Crippen molar-refractivity contribution >= 4 is 10.0 Å². The summed E-state index contributed by atoms with van der Waals surface area (Å²) >= 11 is 0. The summed E-state index contributed by atoms with van der Waals surface area (Å²) in [6, 6.07) is 15.8. The first-order valence-corrected chi connectivity index (χ1v) is 12.0. The third-order valence-electron chi connectivity index (χ3n) is 5.52. The molecule has 29 heavy (non-hydrogen) atoms. The van der Waals surface area contributed by atoms with Crippen LogP contribution in [0.3, 0.4) is 0 Å². The lowest BCUT2D eigenvalue weighted by Gasteiger charge is -2.32. The van der Waals surface area contributed by atoms with Crippen LogP contribution >= 0.6 is 0 Å². The van der Waals surface area contributed by atoms with Crippen LogP contribution in [0.5, 0.6) is 5.75 Å². The maximum atomic E-state index is 12.8. The Morgan fingerprint density at radius 3 is 2.52 bits per heavy atom. The second-order valence-corrected chi connectivity index (χ2v) is 9.49. The first kappa shape index (κ1) is 21.8. The molecule has 0 spiro atoms. The Balaban J connectivity index is 1.49. The predicted octanol–water partition coefficient (Wildman–Crippen LogP) is 3.63. The van der Waals surface area contributed by atoms with Crippen LogP contribution in [0.4, 0.5) is 0 Å². The van der Waals surface area contributed by atoms with E-state index >= 15 is 0 Å². The molecule has 5 nitrogen and oxygen atoms in total. The molecule has 1 N–H and O–H groups in total. The lowest BCUT2D eigenvalue weighted by atomic mass is 9.97. The quantitative estimate of drug-likeness (QED) is 0.678. The summed E-state index contributed by atoms with van der Waals surface area (Å²) in [4.78, 5) is 2.71. The number of nitrogens with one attached hydrogen (secondary N) is 1. The van der Waals surface area contributed by atoms with Crippen LogP contribution in [0.1, 0.15) is 30.9 Å². The number of hydrogen-bond donors (Lipinski definition) is 1. The molecular formula is C23H32N2O3S. The summed E-state index contributed by atoms with van der Waals surface area (Å²) in [5.41, 5.74) is 2.27. The molecule has 1 aliphatic rings. The standard InChI is InChI=1S/C23H32N2O3S/c1-3-28-22-10-9-19(2)17-23(22)29(26,27)24-18-21-12-15-25(16-13-21)14-11-20-7-5-4-6-8-20/h4-10,17,21,24H,3,11-16,18H2,1-2H3. The molecule has 0 amide bonds. The summed E-state index contributed by atoms with van der Waals surface area (Å²) in [5.74, 6) is 0.791. The van der Waals surface area contributed by atoms with E-state index in [4.69, 9.17) is 4.74 Å². The van der Waals surface area contributed by atoms with Gasteiger partial charge in [0.05, 0.1) is 6.61 Å². The highest BCUT2D eigenvalue weighted by atomic mass is 32.2. The number of benzene rings is 2. The number of rotatable bonds is 9. The van der Waals surface area contributed by atoms with E-state index in [9.17, 15) is 8.42 Å². The Hall–Kier alpha value is -1.89. The molecule has 0 aliphatic carbocycles.